The molecule has 5 heteroatoms. The molecule has 2 rings (SSSR count). The Morgan fingerprint density at radius 2 is 2.05 bits per heavy atom. The van der Waals surface area contributed by atoms with Crippen LogP contribution in [0.1, 0.15) is 15.9 Å². The second-order valence-electron chi connectivity index (χ2n) is 4.54. The SMILES string of the molecule is CN(CCc1ccc(O)c(O)c1)C(=O)c1cccnc1. The number of amides is 1. The van der Waals surface area contributed by atoms with Crippen molar-refractivity contribution in [3.63, 3.8) is 0 Å². The van der Waals surface area contributed by atoms with E-state index in [0.29, 0.717) is 18.5 Å². The molecule has 0 unspecified atom stereocenters. The second kappa shape index (κ2) is 6.06. The molecule has 20 heavy (non-hydrogen) atoms. The van der Waals surface area contributed by atoms with Gasteiger partial charge in [-0.3, -0.25) is 9.78 Å². The van der Waals surface area contributed by atoms with Gasteiger partial charge in [0.15, 0.2) is 11.5 Å². The van der Waals surface area contributed by atoms with Crippen molar-refractivity contribution in [3.05, 3.63) is 53.9 Å². The summed E-state index contributed by atoms with van der Waals surface area (Å²) in [7, 11) is 1.72. The van der Waals surface area contributed by atoms with Crippen molar-refractivity contribution in [2.75, 3.05) is 13.6 Å². The van der Waals surface area contributed by atoms with Crippen LogP contribution in [-0.2, 0) is 6.42 Å². The predicted molar refractivity (Wildman–Crippen MR) is 74.7 cm³/mol. The van der Waals surface area contributed by atoms with E-state index in [9.17, 15) is 15.0 Å². The molecule has 0 saturated heterocycles. The van der Waals surface area contributed by atoms with Gasteiger partial charge in [0.05, 0.1) is 5.56 Å². The molecular formula is C15H16N2O3. The molecule has 0 aliphatic heterocycles. The maximum absolute atomic E-state index is 12.1. The highest BCUT2D eigenvalue weighted by Crippen LogP contribution is 2.25. The number of hydrogen-bond acceptors (Lipinski definition) is 4. The van der Waals surface area contributed by atoms with Crippen molar-refractivity contribution >= 4 is 5.91 Å². The molecule has 0 bridgehead atoms. The van der Waals surface area contributed by atoms with Crippen LogP contribution in [0.15, 0.2) is 42.7 Å². The fourth-order valence-corrected chi connectivity index (χ4v) is 1.83. The fraction of sp³-hybridized carbons (Fsp3) is 0.200. The molecule has 104 valence electrons. The van der Waals surface area contributed by atoms with Crippen LogP contribution in [0.25, 0.3) is 0 Å². The van der Waals surface area contributed by atoms with E-state index in [4.69, 9.17) is 0 Å². The molecule has 2 aromatic rings. The van der Waals surface area contributed by atoms with E-state index in [0.717, 1.165) is 5.56 Å². The number of pyridine rings is 1. The number of carbonyl (C=O) groups is 1. The molecular weight excluding hydrogens is 256 g/mol. The number of nitrogens with zero attached hydrogens (tertiary/aromatic N) is 2. The molecule has 0 aliphatic carbocycles. The first-order valence-corrected chi connectivity index (χ1v) is 6.24. The van der Waals surface area contributed by atoms with Crippen molar-refractivity contribution in [2.45, 2.75) is 6.42 Å². The summed E-state index contributed by atoms with van der Waals surface area (Å²) < 4.78 is 0. The average Bonchev–Trinajstić information content (AvgIpc) is 2.48. The first kappa shape index (κ1) is 13.9. The summed E-state index contributed by atoms with van der Waals surface area (Å²) in [6.07, 6.45) is 3.75. The lowest BCUT2D eigenvalue weighted by atomic mass is 10.1. The Bertz CT molecular complexity index is 599. The first-order valence-electron chi connectivity index (χ1n) is 6.24. The number of hydrogen-bond donors (Lipinski definition) is 2. The lowest BCUT2D eigenvalue weighted by molar-refractivity contribution is 0.0796. The maximum atomic E-state index is 12.1. The standard InChI is InChI=1S/C15H16N2O3/c1-17(15(20)12-3-2-7-16-10-12)8-6-11-4-5-13(18)14(19)9-11/h2-5,7,9-10,18-19H,6,8H2,1H3. The Morgan fingerprint density at radius 1 is 1.25 bits per heavy atom. The summed E-state index contributed by atoms with van der Waals surface area (Å²) in [5.74, 6) is -0.390. The van der Waals surface area contributed by atoms with E-state index >= 15 is 0 Å². The molecule has 0 aliphatic rings. The van der Waals surface area contributed by atoms with E-state index in [-0.39, 0.29) is 17.4 Å². The van der Waals surface area contributed by atoms with Crippen LogP contribution in [-0.4, -0.2) is 39.6 Å². The smallest absolute Gasteiger partial charge is 0.255 e. The number of phenols is 2. The molecule has 0 fully saturated rings. The summed E-state index contributed by atoms with van der Waals surface area (Å²) in [6, 6.07) is 8.10. The summed E-state index contributed by atoms with van der Waals surface area (Å²) in [6.45, 7) is 0.512. The molecule has 1 aromatic heterocycles. The molecule has 0 radical (unpaired) electrons. The van der Waals surface area contributed by atoms with Gasteiger partial charge in [0.25, 0.3) is 5.91 Å². The van der Waals surface area contributed by atoms with E-state index in [2.05, 4.69) is 4.98 Å². The van der Waals surface area contributed by atoms with E-state index < -0.39 is 0 Å². The third kappa shape index (κ3) is 3.26. The Kier molecular flexibility index (Phi) is 4.20. The van der Waals surface area contributed by atoms with Gasteiger partial charge in [-0.05, 0) is 36.2 Å². The molecule has 0 atom stereocenters. The molecule has 1 aromatic carbocycles. The fourth-order valence-electron chi connectivity index (χ4n) is 1.83. The van der Waals surface area contributed by atoms with Crippen molar-refractivity contribution in [1.29, 1.82) is 0 Å². The highest BCUT2D eigenvalue weighted by Gasteiger charge is 2.11. The number of likely N-dealkylation sites (N-methyl/N-ethyl adjacent to an activating group) is 1. The number of aromatic hydroxyl groups is 2. The Morgan fingerprint density at radius 3 is 2.70 bits per heavy atom. The van der Waals surface area contributed by atoms with Crippen LogP contribution >= 0.6 is 0 Å². The number of carbonyl (C=O) groups excluding carboxylic acids is 1. The number of rotatable bonds is 4. The van der Waals surface area contributed by atoms with Gasteiger partial charge in [-0.2, -0.15) is 0 Å². The number of phenolic OH excluding ortho intramolecular Hbond substituents is 2. The molecule has 5 nitrogen and oxygen atoms in total. The minimum atomic E-state index is -0.149. The van der Waals surface area contributed by atoms with Crippen molar-refractivity contribution in [3.8, 4) is 11.5 Å². The summed E-state index contributed by atoms with van der Waals surface area (Å²) in [4.78, 5) is 17.6. The topological polar surface area (TPSA) is 73.7 Å². The Labute approximate surface area is 117 Å². The van der Waals surface area contributed by atoms with Crippen LogP contribution < -0.4 is 0 Å². The van der Waals surface area contributed by atoms with Crippen molar-refractivity contribution in [1.82, 2.24) is 9.88 Å². The Balaban J connectivity index is 1.96. The van der Waals surface area contributed by atoms with Gasteiger partial charge in [0, 0.05) is 26.0 Å². The molecule has 2 N–H and O–H groups in total. The van der Waals surface area contributed by atoms with Gasteiger partial charge in [-0.25, -0.2) is 0 Å². The van der Waals surface area contributed by atoms with Crippen LogP contribution in [0.2, 0.25) is 0 Å². The highest BCUT2D eigenvalue weighted by atomic mass is 16.3. The normalized spacial score (nSPS) is 10.2. The van der Waals surface area contributed by atoms with Crippen LogP contribution in [0.5, 0.6) is 11.5 Å². The average molecular weight is 272 g/mol. The maximum Gasteiger partial charge on any atom is 0.255 e. The monoisotopic (exact) mass is 272 g/mol. The summed E-state index contributed by atoms with van der Waals surface area (Å²) in [5.41, 5.74) is 1.40. The van der Waals surface area contributed by atoms with Crippen LogP contribution in [0, 0.1) is 0 Å². The lowest BCUT2D eigenvalue weighted by Crippen LogP contribution is -2.28. The largest absolute Gasteiger partial charge is 0.504 e. The third-order valence-electron chi connectivity index (χ3n) is 3.03. The van der Waals surface area contributed by atoms with Crippen LogP contribution in [0.3, 0.4) is 0 Å². The number of aromatic nitrogens is 1. The second-order valence-corrected chi connectivity index (χ2v) is 4.54. The van der Waals surface area contributed by atoms with Gasteiger partial charge in [0.1, 0.15) is 0 Å². The van der Waals surface area contributed by atoms with Gasteiger partial charge in [-0.1, -0.05) is 6.07 Å². The molecule has 0 saturated carbocycles. The summed E-state index contributed by atoms with van der Waals surface area (Å²) in [5, 5.41) is 18.7. The highest BCUT2D eigenvalue weighted by molar-refractivity contribution is 5.93. The lowest BCUT2D eigenvalue weighted by Gasteiger charge is -2.17. The number of benzene rings is 1. The molecule has 1 heterocycles. The Hall–Kier alpha value is -2.56. The zero-order valence-electron chi connectivity index (χ0n) is 11.2. The van der Waals surface area contributed by atoms with E-state index in [1.165, 1.54) is 18.3 Å². The van der Waals surface area contributed by atoms with Gasteiger partial charge < -0.3 is 15.1 Å². The van der Waals surface area contributed by atoms with E-state index in [1.807, 2.05) is 0 Å². The molecule has 0 spiro atoms. The molecule has 1 amide bonds. The van der Waals surface area contributed by atoms with Crippen LogP contribution in [0.4, 0.5) is 0 Å². The first-order chi connectivity index (χ1) is 9.58. The zero-order chi connectivity index (χ0) is 14.5. The third-order valence-corrected chi connectivity index (χ3v) is 3.03. The minimum absolute atomic E-state index is 0.0962. The quantitative estimate of drug-likeness (QED) is 0.832. The minimum Gasteiger partial charge on any atom is -0.504 e. The van der Waals surface area contributed by atoms with E-state index in [1.54, 1.807) is 36.3 Å². The van der Waals surface area contributed by atoms with Gasteiger partial charge >= 0.3 is 0 Å². The zero-order valence-corrected chi connectivity index (χ0v) is 11.2. The summed E-state index contributed by atoms with van der Waals surface area (Å²) >= 11 is 0. The van der Waals surface area contributed by atoms with Crippen molar-refractivity contribution < 1.29 is 15.0 Å². The predicted octanol–water partition coefficient (Wildman–Crippen LogP) is 1.81. The van der Waals surface area contributed by atoms with Gasteiger partial charge in [0.2, 0.25) is 0 Å². The van der Waals surface area contributed by atoms with Gasteiger partial charge in [-0.15, -0.1) is 0 Å². The van der Waals surface area contributed by atoms with Crippen molar-refractivity contribution in [2.24, 2.45) is 0 Å².